The molecule has 1 saturated heterocycles. The Morgan fingerprint density at radius 1 is 1.45 bits per heavy atom. The van der Waals surface area contributed by atoms with E-state index in [9.17, 15) is 4.79 Å². The average Bonchev–Trinajstić information content (AvgIpc) is 2.53. The third-order valence-electron chi connectivity index (χ3n) is 3.83. The lowest BCUT2D eigenvalue weighted by molar-refractivity contribution is -0.131. The summed E-state index contributed by atoms with van der Waals surface area (Å²) in [5.74, 6) is 1.18. The number of amides is 1. The molecule has 20 heavy (non-hydrogen) atoms. The Morgan fingerprint density at radius 3 is 2.90 bits per heavy atom. The van der Waals surface area contributed by atoms with E-state index in [-0.39, 0.29) is 11.2 Å². The monoisotopic (exact) mass is 292 g/mol. The minimum absolute atomic E-state index is 0.0332. The Morgan fingerprint density at radius 2 is 2.20 bits per heavy atom. The summed E-state index contributed by atoms with van der Waals surface area (Å²) in [4.78, 5) is 14.5. The zero-order valence-electron chi connectivity index (χ0n) is 12.3. The fourth-order valence-electron chi connectivity index (χ4n) is 2.54. The van der Waals surface area contributed by atoms with Crippen molar-refractivity contribution in [2.45, 2.75) is 36.8 Å². The van der Waals surface area contributed by atoms with E-state index in [1.807, 2.05) is 37.1 Å². The van der Waals surface area contributed by atoms with Gasteiger partial charge in [-0.05, 0) is 32.4 Å². The number of rotatable bonds is 5. The van der Waals surface area contributed by atoms with Gasteiger partial charge in [0.05, 0.1) is 5.25 Å². The number of piperidine rings is 1. The number of thioether (sulfide) groups is 1. The highest BCUT2D eigenvalue weighted by Crippen LogP contribution is 2.21. The fourth-order valence-corrected chi connectivity index (χ4v) is 3.46. The summed E-state index contributed by atoms with van der Waals surface area (Å²) in [6.07, 6.45) is 2.28. The summed E-state index contributed by atoms with van der Waals surface area (Å²) < 4.78 is 0. The minimum Gasteiger partial charge on any atom is -0.340 e. The van der Waals surface area contributed by atoms with Gasteiger partial charge in [0.15, 0.2) is 0 Å². The average molecular weight is 292 g/mol. The first-order valence-electron chi connectivity index (χ1n) is 7.32. The van der Waals surface area contributed by atoms with Crippen LogP contribution in [0.15, 0.2) is 30.3 Å². The van der Waals surface area contributed by atoms with E-state index in [4.69, 9.17) is 0 Å². The molecular formula is C16H24N2OS. The number of hydrogen-bond donors (Lipinski definition) is 1. The van der Waals surface area contributed by atoms with E-state index in [2.05, 4.69) is 17.4 Å². The van der Waals surface area contributed by atoms with E-state index in [1.165, 1.54) is 12.0 Å². The zero-order valence-corrected chi connectivity index (χ0v) is 13.2. The second-order valence-corrected chi connectivity index (χ2v) is 6.68. The number of carbonyl (C=O) groups excluding carboxylic acids is 1. The highest BCUT2D eigenvalue weighted by molar-refractivity contribution is 7.99. The van der Waals surface area contributed by atoms with E-state index >= 15 is 0 Å². The number of nitrogens with one attached hydrogen (secondary N) is 1. The van der Waals surface area contributed by atoms with Crippen molar-refractivity contribution in [2.24, 2.45) is 0 Å². The molecule has 1 aromatic carbocycles. The SMILES string of the molecule is CNC1CCCN(C(=O)C(C)SCc2ccccc2)C1. The Kier molecular flexibility index (Phi) is 5.92. The largest absolute Gasteiger partial charge is 0.340 e. The summed E-state index contributed by atoms with van der Waals surface area (Å²) in [6.45, 7) is 3.79. The van der Waals surface area contributed by atoms with Gasteiger partial charge in [-0.15, -0.1) is 11.8 Å². The summed E-state index contributed by atoms with van der Waals surface area (Å²) in [7, 11) is 1.98. The highest BCUT2D eigenvalue weighted by atomic mass is 32.2. The highest BCUT2D eigenvalue weighted by Gasteiger charge is 2.26. The summed E-state index contributed by atoms with van der Waals surface area (Å²) in [6, 6.07) is 10.8. The number of hydrogen-bond acceptors (Lipinski definition) is 3. The van der Waals surface area contributed by atoms with Crippen molar-refractivity contribution >= 4 is 17.7 Å². The van der Waals surface area contributed by atoms with Gasteiger partial charge in [0.1, 0.15) is 0 Å². The molecule has 1 N–H and O–H groups in total. The maximum Gasteiger partial charge on any atom is 0.235 e. The van der Waals surface area contributed by atoms with Gasteiger partial charge in [-0.3, -0.25) is 4.79 Å². The summed E-state index contributed by atoms with van der Waals surface area (Å²) in [5, 5.41) is 3.32. The Labute approximate surface area is 126 Å². The van der Waals surface area contributed by atoms with Crippen LogP contribution < -0.4 is 5.32 Å². The zero-order chi connectivity index (χ0) is 14.4. The Bertz CT molecular complexity index is 424. The number of likely N-dealkylation sites (N-methyl/N-ethyl adjacent to an activating group) is 1. The molecule has 3 nitrogen and oxygen atoms in total. The molecule has 0 radical (unpaired) electrons. The molecule has 0 aromatic heterocycles. The van der Waals surface area contributed by atoms with Crippen LogP contribution in [0.25, 0.3) is 0 Å². The quantitative estimate of drug-likeness (QED) is 0.905. The first-order chi connectivity index (χ1) is 9.70. The molecule has 1 heterocycles. The predicted octanol–water partition coefficient (Wildman–Crippen LogP) is 2.52. The lowest BCUT2D eigenvalue weighted by atomic mass is 10.1. The molecular weight excluding hydrogens is 268 g/mol. The van der Waals surface area contributed by atoms with Crippen LogP contribution in [0.5, 0.6) is 0 Å². The normalized spacial score (nSPS) is 20.7. The molecule has 0 aliphatic carbocycles. The Hall–Kier alpha value is -1.00. The van der Waals surface area contributed by atoms with Crippen LogP contribution in [0.3, 0.4) is 0 Å². The molecule has 110 valence electrons. The molecule has 1 aliphatic heterocycles. The van der Waals surface area contributed by atoms with Gasteiger partial charge in [0.2, 0.25) is 5.91 Å². The lowest BCUT2D eigenvalue weighted by Crippen LogP contribution is -2.49. The molecule has 1 fully saturated rings. The van der Waals surface area contributed by atoms with Crippen molar-refractivity contribution in [1.82, 2.24) is 10.2 Å². The Balaban J connectivity index is 1.82. The molecule has 2 atom stereocenters. The van der Waals surface area contributed by atoms with Crippen LogP contribution in [-0.4, -0.2) is 42.2 Å². The van der Waals surface area contributed by atoms with Gasteiger partial charge >= 0.3 is 0 Å². The first kappa shape index (κ1) is 15.4. The maximum atomic E-state index is 12.5. The first-order valence-corrected chi connectivity index (χ1v) is 8.37. The van der Waals surface area contributed by atoms with Crippen molar-refractivity contribution in [3.05, 3.63) is 35.9 Å². The molecule has 1 aromatic rings. The second kappa shape index (κ2) is 7.70. The number of benzene rings is 1. The third-order valence-corrected chi connectivity index (χ3v) is 5.03. The second-order valence-electron chi connectivity index (χ2n) is 5.35. The predicted molar refractivity (Wildman–Crippen MR) is 85.9 cm³/mol. The van der Waals surface area contributed by atoms with E-state index in [1.54, 1.807) is 11.8 Å². The summed E-state index contributed by atoms with van der Waals surface area (Å²) in [5.41, 5.74) is 1.28. The van der Waals surface area contributed by atoms with Gasteiger partial charge in [-0.25, -0.2) is 0 Å². The molecule has 1 amide bonds. The van der Waals surface area contributed by atoms with Gasteiger partial charge in [-0.1, -0.05) is 30.3 Å². The topological polar surface area (TPSA) is 32.3 Å². The van der Waals surface area contributed by atoms with Crippen molar-refractivity contribution in [3.63, 3.8) is 0 Å². The number of carbonyl (C=O) groups is 1. The van der Waals surface area contributed by atoms with Crippen LogP contribution in [0.1, 0.15) is 25.3 Å². The van der Waals surface area contributed by atoms with Crippen molar-refractivity contribution in [3.8, 4) is 0 Å². The van der Waals surface area contributed by atoms with Crippen LogP contribution in [0, 0.1) is 0 Å². The van der Waals surface area contributed by atoms with Crippen LogP contribution in [0.4, 0.5) is 0 Å². The minimum atomic E-state index is 0.0332. The van der Waals surface area contributed by atoms with E-state index in [0.29, 0.717) is 6.04 Å². The summed E-state index contributed by atoms with van der Waals surface area (Å²) >= 11 is 1.73. The molecule has 2 rings (SSSR count). The van der Waals surface area contributed by atoms with Crippen molar-refractivity contribution < 1.29 is 4.79 Å². The smallest absolute Gasteiger partial charge is 0.235 e. The molecule has 0 bridgehead atoms. The molecule has 1 aliphatic rings. The number of likely N-dealkylation sites (tertiary alicyclic amines) is 1. The van der Waals surface area contributed by atoms with E-state index in [0.717, 1.165) is 25.3 Å². The van der Waals surface area contributed by atoms with Gasteiger partial charge < -0.3 is 10.2 Å². The lowest BCUT2D eigenvalue weighted by Gasteiger charge is -2.34. The standard InChI is InChI=1S/C16H24N2OS/c1-13(20-12-14-7-4-3-5-8-14)16(19)18-10-6-9-15(11-18)17-2/h3-5,7-8,13,15,17H,6,9-12H2,1-2H3. The van der Waals surface area contributed by atoms with Gasteiger partial charge in [0, 0.05) is 24.9 Å². The van der Waals surface area contributed by atoms with Crippen LogP contribution in [-0.2, 0) is 10.5 Å². The molecule has 4 heteroatoms. The molecule has 0 saturated carbocycles. The van der Waals surface area contributed by atoms with Crippen molar-refractivity contribution in [1.29, 1.82) is 0 Å². The van der Waals surface area contributed by atoms with Crippen LogP contribution >= 0.6 is 11.8 Å². The molecule has 2 unspecified atom stereocenters. The van der Waals surface area contributed by atoms with Crippen LogP contribution in [0.2, 0.25) is 0 Å². The third kappa shape index (κ3) is 4.25. The maximum absolute atomic E-state index is 12.5. The molecule has 0 spiro atoms. The van der Waals surface area contributed by atoms with Gasteiger partial charge in [0.25, 0.3) is 0 Å². The van der Waals surface area contributed by atoms with E-state index < -0.39 is 0 Å². The van der Waals surface area contributed by atoms with Gasteiger partial charge in [-0.2, -0.15) is 0 Å². The fraction of sp³-hybridized carbons (Fsp3) is 0.562. The number of nitrogens with zero attached hydrogens (tertiary/aromatic N) is 1. The van der Waals surface area contributed by atoms with Crippen molar-refractivity contribution in [2.75, 3.05) is 20.1 Å².